The zero-order valence-electron chi connectivity index (χ0n) is 78.9. The minimum Gasteiger partial charge on any atom is -0.478 e. The fraction of sp³-hybridized carbons (Fsp3) is 0.315. The van der Waals surface area contributed by atoms with Gasteiger partial charge in [0.2, 0.25) is 0 Å². The minimum absolute atomic E-state index is 0.0594. The molecule has 0 radical (unpaired) electrons. The average molecular weight is 2050 g/mol. The van der Waals surface area contributed by atoms with E-state index in [0.29, 0.717) is 104 Å². The molecule has 56 heteroatoms. The summed E-state index contributed by atoms with van der Waals surface area (Å²) in [4.78, 5) is 140. The van der Waals surface area contributed by atoms with Gasteiger partial charge < -0.3 is 81.2 Å². The van der Waals surface area contributed by atoms with Crippen molar-refractivity contribution in [2.45, 2.75) is 32.7 Å². The van der Waals surface area contributed by atoms with Gasteiger partial charge in [0.1, 0.15) is 34.9 Å². The number of morpholine rings is 6. The van der Waals surface area contributed by atoms with Gasteiger partial charge in [0.05, 0.1) is 188 Å². The lowest BCUT2D eigenvalue weighted by Crippen LogP contribution is -2.40. The molecule has 0 unspecified atom stereocenters. The van der Waals surface area contributed by atoms with E-state index < -0.39 is 104 Å². The molecule has 0 atom stereocenters. The largest absolute Gasteiger partial charge is 0.478 e. The summed E-state index contributed by atoms with van der Waals surface area (Å²) in [5, 5.41) is 108. The Labute approximate surface area is 835 Å². The van der Waals surface area contributed by atoms with Gasteiger partial charge >= 0.3 is 51.8 Å². The van der Waals surface area contributed by atoms with Crippen molar-refractivity contribution in [2.75, 3.05) is 186 Å². The van der Waals surface area contributed by atoms with E-state index in [4.69, 9.17) is 50.7 Å². The van der Waals surface area contributed by atoms with Gasteiger partial charge in [-0.15, -0.1) is 0 Å². The molecule has 6 aromatic heterocycles. The van der Waals surface area contributed by atoms with Crippen LogP contribution in [0.1, 0.15) is 48.5 Å². The number of carboxylic acid groups (broad SMARTS) is 1. The van der Waals surface area contributed by atoms with E-state index in [1.807, 2.05) is 60.7 Å². The third-order valence-electron chi connectivity index (χ3n) is 23.6. The lowest BCUT2D eigenvalue weighted by molar-refractivity contribution is -0.422. The molecule has 15 N–H and O–H groups in total. The topological polar surface area (TPSA) is 722 Å². The van der Waals surface area contributed by atoms with E-state index in [2.05, 4.69) is 108 Å². The number of carboxylic acids is 1. The second-order valence-corrected chi connectivity index (χ2v) is 33.6. The number of rotatable bonds is 24. The van der Waals surface area contributed by atoms with Gasteiger partial charge in [-0.25, -0.2) is 33.3 Å². The summed E-state index contributed by atoms with van der Waals surface area (Å²) in [5.41, 5.74) is 26.8. The summed E-state index contributed by atoms with van der Waals surface area (Å²) in [6.45, 7) is 22.3. The van der Waals surface area contributed by atoms with E-state index in [1.165, 1.54) is 58.2 Å². The molecule has 14 aromatic rings. The Kier molecular flexibility index (Phi) is 36.5. The monoisotopic (exact) mass is 2050 g/mol. The van der Waals surface area contributed by atoms with E-state index in [0.717, 1.165) is 225 Å². The third kappa shape index (κ3) is 28.8. The lowest BCUT2D eigenvalue weighted by Gasteiger charge is -2.26. The number of aromatic amines is 6. The highest BCUT2D eigenvalue weighted by molar-refractivity contribution is 6.02. The molecule has 148 heavy (non-hydrogen) atoms. The number of nitro groups is 7. The number of nitrogens with zero attached hydrogens (tertiary/aromatic N) is 19. The zero-order chi connectivity index (χ0) is 105. The number of nitrogens with one attached hydrogen (secondary N) is 8. The standard InChI is InChI=1S/C22H21F2N7O2.C15H16N6O3.C15H18N6O.C11H11N3O6.C11H13N3O5.C11H17N3O.C7H4N2O6/c23-14-2-1-3-15(24)19(14)29-22(32)28-18-11-25-30-20(18)21-26-16-5-4-13(10-17(16)27-21)12-31-6-8-33-9-7-31;22-21(23)13-8-16-19-14(13)15-17-11-2-1-10(7-12(11)18-15)9-20-3-5-24-6-4-20;16-11-8-17-20-14(11)15-18-12-2-1-10(7-13(12)19-15)9-21-3-5-22-6-4-21;15-11(12-3-5-20-6-4-12)8-1-2-9(13(16)17)10(7-8)14(18)19;15-13(16)10-2-1-9(7-11(10)14(17)18)8-12-3-5-19-6-4-12;12-10-2-1-9(7-11(10)13)8-14-3-5-15-6-4-14;10-7(11)4-1-2-5(8(12)13)6(3-4)9(14)15/h1-5,10-11H,6-9,12H2,(H,25,30)(H,26,27)(H2,28,29,32);1-2,7-8H,3-6,9H2,(H,16,19)(H,17,18);1-2,7-8H,3-6,9,16H2,(H,17,20)(H,18,19);1-2,7H,3-6H2;1-2,7H,3-6,8H2;1-2,7H,3-6,8,12-13H2;1-3H,(H,10,11). The molecule has 0 bridgehead atoms. The number of nitrogens with two attached hydrogens (primary N) is 3. The maximum atomic E-state index is 13.8. The number of para-hydroxylation sites is 1. The number of carbonyl (C=O) groups is 3. The Hall–Kier alpha value is -17.4. The number of H-pyrrole nitrogens is 6. The SMILES string of the molecule is Nc1ccc(CN2CCOCC2)cc1N.Nc1cn[nH]c1-c1nc2ccc(CN3CCOCC3)cc2[nH]1.O=C(Nc1cn[nH]c1-c1nc2ccc(CN3CCOCC3)cc2[nH]1)Nc1c(F)cccc1F.O=C(O)c1ccc([N+](=O)[O-])c([N+](=O)[O-])c1.O=C(c1ccc([N+](=O)[O-])c([N+](=O)[O-])c1)N1CCOCC1.O=[N+]([O-])c1ccc(CN2CCOCC2)cc1[N+](=O)[O-].O=[N+]([O-])c1cn[nH]c1-c1nc2ccc(CN3CCOCC3)cc2[nH]1. The number of fused-ring (bicyclic) bond motifs is 3. The van der Waals surface area contributed by atoms with Crippen LogP contribution in [0, 0.1) is 82.4 Å². The molecular formula is C92H100F2N30O24. The van der Waals surface area contributed by atoms with E-state index in [9.17, 15) is 94.0 Å². The number of hydrogen-bond donors (Lipinski definition) is 12. The Morgan fingerprint density at radius 1 is 0.351 bits per heavy atom. The number of urea groups is 1. The van der Waals surface area contributed by atoms with Gasteiger partial charge in [0.15, 0.2) is 23.2 Å². The Bertz CT molecular complexity index is 7060. The van der Waals surface area contributed by atoms with Crippen LogP contribution in [0.4, 0.5) is 81.8 Å². The predicted octanol–water partition coefficient (Wildman–Crippen LogP) is 11.0. The van der Waals surface area contributed by atoms with Gasteiger partial charge in [-0.05, 0) is 101 Å². The number of amides is 3. The normalized spacial score (nSPS) is 15.1. The fourth-order valence-electron chi connectivity index (χ4n) is 16.0. The molecule has 0 spiro atoms. The molecule has 776 valence electrons. The Morgan fingerprint density at radius 3 is 1.08 bits per heavy atom. The van der Waals surface area contributed by atoms with Crippen LogP contribution in [0.5, 0.6) is 0 Å². The molecule has 6 aliphatic rings. The van der Waals surface area contributed by atoms with E-state index in [1.54, 1.807) is 12.3 Å². The first-order valence-corrected chi connectivity index (χ1v) is 45.8. The van der Waals surface area contributed by atoms with Crippen molar-refractivity contribution >= 4 is 119 Å². The number of halogens is 2. The summed E-state index contributed by atoms with van der Waals surface area (Å²) in [7, 11) is 0. The maximum Gasteiger partial charge on any atom is 0.346 e. The number of aromatic nitrogens is 12. The lowest BCUT2D eigenvalue weighted by atomic mass is 10.1. The van der Waals surface area contributed by atoms with Crippen molar-refractivity contribution in [3.05, 3.63) is 286 Å². The van der Waals surface area contributed by atoms with Gasteiger partial charge in [0.25, 0.3) is 5.91 Å². The summed E-state index contributed by atoms with van der Waals surface area (Å²) in [6.07, 6.45) is 4.17. The predicted molar refractivity (Wildman–Crippen MR) is 530 cm³/mol. The highest BCUT2D eigenvalue weighted by atomic mass is 19.1. The molecule has 54 nitrogen and oxygen atoms in total. The number of carbonyl (C=O) groups excluding carboxylic acids is 2. The van der Waals surface area contributed by atoms with Gasteiger partial charge in [-0.3, -0.25) is 115 Å². The number of nitro benzene ring substituents is 6. The van der Waals surface area contributed by atoms with Crippen molar-refractivity contribution in [1.29, 1.82) is 0 Å². The average Bonchev–Trinajstić information content (AvgIpc) is 1.22. The van der Waals surface area contributed by atoms with E-state index in [-0.39, 0.29) is 22.5 Å². The first kappa shape index (κ1) is 106. The smallest absolute Gasteiger partial charge is 0.346 e. The number of ether oxygens (including phenoxy) is 6. The highest BCUT2D eigenvalue weighted by Crippen LogP contribution is 2.35. The second-order valence-electron chi connectivity index (χ2n) is 33.6. The number of imidazole rings is 3. The summed E-state index contributed by atoms with van der Waals surface area (Å²) < 4.78 is 59.4. The first-order chi connectivity index (χ1) is 71.3. The summed E-state index contributed by atoms with van der Waals surface area (Å²) in [5.74, 6) is -1.92. The van der Waals surface area contributed by atoms with Crippen LogP contribution in [-0.2, 0) is 61.1 Å². The number of benzene rings is 8. The molecule has 6 fully saturated rings. The van der Waals surface area contributed by atoms with Gasteiger partial charge in [0, 0.05) is 153 Å². The number of nitrogen functional groups attached to an aromatic ring is 3. The molecule has 20 rings (SSSR count). The van der Waals surface area contributed by atoms with Crippen LogP contribution in [0.3, 0.4) is 0 Å². The maximum absolute atomic E-state index is 13.8. The molecule has 8 aromatic carbocycles. The minimum atomic E-state index is -1.38. The molecule has 12 heterocycles. The second kappa shape index (κ2) is 50.7. The van der Waals surface area contributed by atoms with Crippen LogP contribution in [0.25, 0.3) is 67.7 Å². The Morgan fingerprint density at radius 2 is 0.682 bits per heavy atom. The van der Waals surface area contributed by atoms with Crippen molar-refractivity contribution in [3.8, 4) is 34.6 Å². The number of hydrogen-bond acceptors (Lipinski definition) is 37. The molecular weight excluding hydrogens is 1950 g/mol. The fourth-order valence-corrected chi connectivity index (χ4v) is 16.0. The molecule has 6 aliphatic heterocycles. The van der Waals surface area contributed by atoms with Crippen molar-refractivity contribution in [2.24, 2.45) is 0 Å². The van der Waals surface area contributed by atoms with Crippen LogP contribution >= 0.6 is 0 Å². The van der Waals surface area contributed by atoms with Gasteiger partial charge in [-0.2, -0.15) is 15.3 Å². The quantitative estimate of drug-likeness (QED) is 0.0152. The first-order valence-electron chi connectivity index (χ1n) is 45.8. The molecule has 3 amide bonds. The molecule has 6 saturated heterocycles. The van der Waals surface area contributed by atoms with Gasteiger partial charge in [-0.1, -0.05) is 36.4 Å². The number of anilines is 5. The van der Waals surface area contributed by atoms with Crippen molar-refractivity contribution < 1.29 is 91.2 Å². The highest BCUT2D eigenvalue weighted by Gasteiger charge is 2.32. The third-order valence-corrected chi connectivity index (χ3v) is 23.6. The molecule has 0 saturated carbocycles. The zero-order valence-corrected chi connectivity index (χ0v) is 78.9. The van der Waals surface area contributed by atoms with Crippen molar-refractivity contribution in [1.82, 2.24) is 89.9 Å². The van der Waals surface area contributed by atoms with Crippen LogP contribution in [0.15, 0.2) is 164 Å². The number of aromatic carboxylic acids is 1. The van der Waals surface area contributed by atoms with Crippen LogP contribution < -0.4 is 27.8 Å². The Balaban J connectivity index is 0.000000138. The summed E-state index contributed by atoms with van der Waals surface area (Å²) in [6, 6.07) is 36.2. The van der Waals surface area contributed by atoms with E-state index >= 15 is 0 Å². The van der Waals surface area contributed by atoms with Crippen LogP contribution in [-0.4, -0.2) is 305 Å². The van der Waals surface area contributed by atoms with Crippen molar-refractivity contribution in [3.63, 3.8) is 0 Å². The molecule has 0 aliphatic carbocycles. The van der Waals surface area contributed by atoms with Crippen LogP contribution in [0.2, 0.25) is 0 Å². The summed E-state index contributed by atoms with van der Waals surface area (Å²) >= 11 is 0.